The standard InChI is InChI=1S/C11H22N2O/c1-11(2,6-4-7-12)10-13-8-5-9-14-3/h13H,4-6,8-10H2,1-3H3. The van der Waals surface area contributed by atoms with Gasteiger partial charge in [-0.15, -0.1) is 0 Å². The van der Waals surface area contributed by atoms with Crippen molar-refractivity contribution >= 4 is 0 Å². The minimum atomic E-state index is 0.225. The van der Waals surface area contributed by atoms with Crippen LogP contribution in [0.25, 0.3) is 0 Å². The Morgan fingerprint density at radius 3 is 2.71 bits per heavy atom. The van der Waals surface area contributed by atoms with E-state index in [4.69, 9.17) is 10.00 Å². The predicted molar refractivity (Wildman–Crippen MR) is 58.0 cm³/mol. The lowest BCUT2D eigenvalue weighted by molar-refractivity contribution is 0.192. The van der Waals surface area contributed by atoms with Gasteiger partial charge in [-0.25, -0.2) is 0 Å². The van der Waals surface area contributed by atoms with E-state index in [1.807, 2.05) is 0 Å². The molecular formula is C11H22N2O. The Labute approximate surface area is 87.4 Å². The highest BCUT2D eigenvalue weighted by Gasteiger charge is 2.16. The van der Waals surface area contributed by atoms with Crippen molar-refractivity contribution in [2.75, 3.05) is 26.8 Å². The molecule has 0 rings (SSSR count). The van der Waals surface area contributed by atoms with Crippen molar-refractivity contribution in [3.05, 3.63) is 0 Å². The third kappa shape index (κ3) is 8.03. The average Bonchev–Trinajstić information content (AvgIpc) is 2.15. The quantitative estimate of drug-likeness (QED) is 0.606. The lowest BCUT2D eigenvalue weighted by Gasteiger charge is -2.23. The van der Waals surface area contributed by atoms with Gasteiger partial charge in [0.05, 0.1) is 6.07 Å². The van der Waals surface area contributed by atoms with Gasteiger partial charge < -0.3 is 10.1 Å². The van der Waals surface area contributed by atoms with Gasteiger partial charge in [-0.05, 0) is 24.8 Å². The maximum Gasteiger partial charge on any atom is 0.0621 e. The van der Waals surface area contributed by atoms with E-state index in [1.54, 1.807) is 7.11 Å². The first kappa shape index (κ1) is 13.4. The highest BCUT2D eigenvalue weighted by molar-refractivity contribution is 4.78. The third-order valence-electron chi connectivity index (χ3n) is 2.22. The summed E-state index contributed by atoms with van der Waals surface area (Å²) in [4.78, 5) is 0. The zero-order chi connectivity index (χ0) is 10.9. The summed E-state index contributed by atoms with van der Waals surface area (Å²) in [5.74, 6) is 0. The van der Waals surface area contributed by atoms with Gasteiger partial charge in [0.1, 0.15) is 0 Å². The third-order valence-corrected chi connectivity index (χ3v) is 2.22. The SMILES string of the molecule is COCCCNCC(C)(C)CCC#N. The highest BCUT2D eigenvalue weighted by Crippen LogP contribution is 2.20. The molecule has 0 bridgehead atoms. The fourth-order valence-electron chi connectivity index (χ4n) is 1.25. The summed E-state index contributed by atoms with van der Waals surface area (Å²) in [5, 5.41) is 11.9. The fourth-order valence-corrected chi connectivity index (χ4v) is 1.25. The summed E-state index contributed by atoms with van der Waals surface area (Å²) in [6.07, 6.45) is 2.65. The second-order valence-corrected chi connectivity index (χ2v) is 4.35. The number of nitrogens with zero attached hydrogens (tertiary/aromatic N) is 1. The molecule has 0 spiro atoms. The summed E-state index contributed by atoms with van der Waals surface area (Å²) in [5.41, 5.74) is 0.225. The number of hydrogen-bond donors (Lipinski definition) is 1. The molecule has 0 saturated carbocycles. The summed E-state index contributed by atoms with van der Waals surface area (Å²) in [6, 6.07) is 2.19. The minimum Gasteiger partial charge on any atom is -0.385 e. The zero-order valence-electron chi connectivity index (χ0n) is 9.60. The van der Waals surface area contributed by atoms with Gasteiger partial charge in [-0.2, -0.15) is 5.26 Å². The summed E-state index contributed by atoms with van der Waals surface area (Å²) < 4.78 is 4.96. The molecule has 0 aliphatic rings. The van der Waals surface area contributed by atoms with Crippen LogP contribution in [0.4, 0.5) is 0 Å². The van der Waals surface area contributed by atoms with E-state index in [2.05, 4.69) is 25.2 Å². The molecule has 1 N–H and O–H groups in total. The average molecular weight is 198 g/mol. The molecule has 0 aromatic rings. The molecule has 14 heavy (non-hydrogen) atoms. The topological polar surface area (TPSA) is 45.0 Å². The largest absolute Gasteiger partial charge is 0.385 e. The number of ether oxygens (including phenoxy) is 1. The molecule has 3 nitrogen and oxygen atoms in total. The molecule has 0 aliphatic heterocycles. The minimum absolute atomic E-state index is 0.225. The molecule has 0 aliphatic carbocycles. The number of hydrogen-bond acceptors (Lipinski definition) is 3. The van der Waals surface area contributed by atoms with E-state index >= 15 is 0 Å². The van der Waals surface area contributed by atoms with E-state index in [9.17, 15) is 0 Å². The van der Waals surface area contributed by atoms with E-state index in [0.717, 1.165) is 32.5 Å². The van der Waals surface area contributed by atoms with Crippen LogP contribution in [-0.4, -0.2) is 26.8 Å². The number of methoxy groups -OCH3 is 1. The van der Waals surface area contributed by atoms with Gasteiger partial charge in [-0.1, -0.05) is 13.8 Å². The number of nitriles is 1. The maximum absolute atomic E-state index is 8.48. The molecule has 0 atom stereocenters. The first-order valence-corrected chi connectivity index (χ1v) is 5.19. The molecular weight excluding hydrogens is 176 g/mol. The van der Waals surface area contributed by atoms with Crippen molar-refractivity contribution in [1.29, 1.82) is 5.26 Å². The normalized spacial score (nSPS) is 11.3. The smallest absolute Gasteiger partial charge is 0.0621 e. The van der Waals surface area contributed by atoms with Gasteiger partial charge in [0.25, 0.3) is 0 Å². The predicted octanol–water partition coefficient (Wildman–Crippen LogP) is 1.94. The molecule has 82 valence electrons. The molecule has 0 aromatic heterocycles. The molecule has 0 radical (unpaired) electrons. The molecule has 0 aromatic carbocycles. The Morgan fingerprint density at radius 1 is 1.43 bits per heavy atom. The van der Waals surface area contributed by atoms with Gasteiger partial charge >= 0.3 is 0 Å². The summed E-state index contributed by atoms with van der Waals surface area (Å²) >= 11 is 0. The van der Waals surface area contributed by atoms with Gasteiger partial charge in [-0.3, -0.25) is 0 Å². The zero-order valence-corrected chi connectivity index (χ0v) is 9.60. The van der Waals surface area contributed by atoms with Crippen molar-refractivity contribution in [1.82, 2.24) is 5.32 Å². The number of nitrogens with one attached hydrogen (secondary N) is 1. The van der Waals surface area contributed by atoms with Crippen molar-refractivity contribution in [3.63, 3.8) is 0 Å². The van der Waals surface area contributed by atoms with E-state index in [1.165, 1.54) is 0 Å². The molecule has 0 fully saturated rings. The fraction of sp³-hybridized carbons (Fsp3) is 0.909. The Morgan fingerprint density at radius 2 is 2.14 bits per heavy atom. The van der Waals surface area contributed by atoms with Crippen LogP contribution >= 0.6 is 0 Å². The van der Waals surface area contributed by atoms with Crippen LogP contribution in [0.15, 0.2) is 0 Å². The molecule has 3 heteroatoms. The van der Waals surface area contributed by atoms with Crippen LogP contribution in [0.5, 0.6) is 0 Å². The van der Waals surface area contributed by atoms with E-state index in [-0.39, 0.29) is 5.41 Å². The van der Waals surface area contributed by atoms with Gasteiger partial charge in [0.15, 0.2) is 0 Å². The lowest BCUT2D eigenvalue weighted by Crippen LogP contribution is -2.30. The van der Waals surface area contributed by atoms with E-state index in [0.29, 0.717) is 6.42 Å². The molecule has 0 unspecified atom stereocenters. The van der Waals surface area contributed by atoms with Crippen LogP contribution in [0.2, 0.25) is 0 Å². The Hall–Kier alpha value is -0.590. The highest BCUT2D eigenvalue weighted by atomic mass is 16.5. The van der Waals surface area contributed by atoms with Crippen LogP contribution in [0.3, 0.4) is 0 Å². The van der Waals surface area contributed by atoms with Gasteiger partial charge in [0, 0.05) is 26.7 Å². The summed E-state index contributed by atoms with van der Waals surface area (Å²) in [6.45, 7) is 7.15. The van der Waals surface area contributed by atoms with Crippen molar-refractivity contribution < 1.29 is 4.74 Å². The first-order chi connectivity index (χ1) is 6.62. The van der Waals surface area contributed by atoms with Crippen LogP contribution in [0, 0.1) is 16.7 Å². The van der Waals surface area contributed by atoms with Crippen LogP contribution in [-0.2, 0) is 4.74 Å². The van der Waals surface area contributed by atoms with Crippen molar-refractivity contribution in [3.8, 4) is 6.07 Å². The molecule has 0 saturated heterocycles. The Kier molecular flexibility index (Phi) is 7.45. The van der Waals surface area contributed by atoms with Crippen molar-refractivity contribution in [2.24, 2.45) is 5.41 Å². The monoisotopic (exact) mass is 198 g/mol. The first-order valence-electron chi connectivity index (χ1n) is 5.19. The second kappa shape index (κ2) is 7.78. The molecule has 0 amide bonds. The Balaban J connectivity index is 3.41. The van der Waals surface area contributed by atoms with Crippen molar-refractivity contribution in [2.45, 2.75) is 33.1 Å². The molecule has 0 heterocycles. The lowest BCUT2D eigenvalue weighted by atomic mass is 9.88. The van der Waals surface area contributed by atoms with Gasteiger partial charge in [0.2, 0.25) is 0 Å². The number of rotatable bonds is 8. The van der Waals surface area contributed by atoms with Crippen LogP contribution < -0.4 is 5.32 Å². The van der Waals surface area contributed by atoms with E-state index < -0.39 is 0 Å². The summed E-state index contributed by atoms with van der Waals surface area (Å²) in [7, 11) is 1.72. The van der Waals surface area contributed by atoms with Crippen LogP contribution in [0.1, 0.15) is 33.1 Å². The second-order valence-electron chi connectivity index (χ2n) is 4.35. The Bertz CT molecular complexity index is 173. The maximum atomic E-state index is 8.48.